The molecule has 0 saturated carbocycles. The zero-order valence-corrected chi connectivity index (χ0v) is 17.4. The van der Waals surface area contributed by atoms with Crippen LogP contribution in [-0.2, 0) is 0 Å². The Balaban J connectivity index is 0.00000113. The molecular formula is C15H6N2Na2O6. The number of aromatic nitrogens is 2. The van der Waals surface area contributed by atoms with Crippen molar-refractivity contribution >= 4 is 34.0 Å². The van der Waals surface area contributed by atoms with Gasteiger partial charge >= 0.3 is 59.1 Å². The largest absolute Gasteiger partial charge is 1.00 e. The van der Waals surface area contributed by atoms with Gasteiger partial charge < -0.3 is 29.3 Å². The van der Waals surface area contributed by atoms with Gasteiger partial charge in [0, 0.05) is 11.6 Å². The van der Waals surface area contributed by atoms with Crippen LogP contribution in [0.5, 0.6) is 11.5 Å². The monoisotopic (exact) mass is 356 g/mol. The van der Waals surface area contributed by atoms with Crippen LogP contribution in [-0.4, -0.2) is 28.7 Å². The summed E-state index contributed by atoms with van der Waals surface area (Å²) in [6.45, 7) is -0.129. The van der Waals surface area contributed by atoms with Gasteiger partial charge in [-0.2, -0.15) is 0 Å². The van der Waals surface area contributed by atoms with Crippen molar-refractivity contribution in [3.05, 3.63) is 35.4 Å². The van der Waals surface area contributed by atoms with Gasteiger partial charge in [0.2, 0.25) is 6.79 Å². The standard InChI is InChI=1S/C15H8N2O6.2Na/c18-14(19)6-2-1-3-7-11(6)17-12-8(16-7)4-9-13(23-5-22-9)10(12)15(20)21;;/h1-4H,5H2,(H,18,19)(H,20,21);;/q;2*+1/p-2. The molecule has 0 saturated heterocycles. The summed E-state index contributed by atoms with van der Waals surface area (Å²) in [6, 6.07) is 5.87. The maximum atomic E-state index is 11.5. The number of ether oxygens (including phenoxy) is 2. The molecule has 0 N–H and O–H groups in total. The molecule has 0 bridgehead atoms. The van der Waals surface area contributed by atoms with Crippen molar-refractivity contribution in [2.45, 2.75) is 0 Å². The average Bonchev–Trinajstić information content (AvgIpc) is 2.96. The van der Waals surface area contributed by atoms with E-state index < -0.39 is 11.9 Å². The van der Waals surface area contributed by atoms with Crippen molar-refractivity contribution in [3.8, 4) is 11.5 Å². The van der Waals surface area contributed by atoms with Gasteiger partial charge in [0.1, 0.15) is 5.52 Å². The molecule has 114 valence electrons. The second-order valence-electron chi connectivity index (χ2n) is 4.82. The minimum atomic E-state index is -1.52. The number of benzene rings is 2. The van der Waals surface area contributed by atoms with Crippen LogP contribution in [0.3, 0.4) is 0 Å². The molecule has 0 radical (unpaired) electrons. The molecule has 0 amide bonds. The van der Waals surface area contributed by atoms with Gasteiger partial charge in [-0.1, -0.05) is 12.1 Å². The van der Waals surface area contributed by atoms with E-state index >= 15 is 0 Å². The minimum absolute atomic E-state index is 0. The van der Waals surface area contributed by atoms with Gasteiger partial charge in [-0.3, -0.25) is 0 Å². The van der Waals surface area contributed by atoms with E-state index in [-0.39, 0.29) is 105 Å². The summed E-state index contributed by atoms with van der Waals surface area (Å²) in [6.07, 6.45) is 0. The third-order valence-electron chi connectivity index (χ3n) is 3.52. The van der Waals surface area contributed by atoms with Crippen LogP contribution >= 0.6 is 0 Å². The van der Waals surface area contributed by atoms with Gasteiger partial charge in [-0.15, -0.1) is 0 Å². The number of carboxylic acid groups (broad SMARTS) is 2. The number of hydrogen-bond donors (Lipinski definition) is 0. The topological polar surface area (TPSA) is 125 Å². The first-order valence-corrected chi connectivity index (χ1v) is 6.52. The van der Waals surface area contributed by atoms with E-state index in [1.165, 1.54) is 18.2 Å². The fourth-order valence-electron chi connectivity index (χ4n) is 2.55. The Morgan fingerprint density at radius 3 is 2.40 bits per heavy atom. The minimum Gasteiger partial charge on any atom is -0.545 e. The molecule has 10 heteroatoms. The molecule has 25 heavy (non-hydrogen) atoms. The fourth-order valence-corrected chi connectivity index (χ4v) is 2.55. The number of rotatable bonds is 2. The molecule has 0 spiro atoms. The van der Waals surface area contributed by atoms with Gasteiger partial charge in [0.25, 0.3) is 0 Å². The second-order valence-corrected chi connectivity index (χ2v) is 4.82. The molecule has 1 aliphatic heterocycles. The van der Waals surface area contributed by atoms with Crippen LogP contribution < -0.4 is 78.8 Å². The third kappa shape index (κ3) is 3.21. The van der Waals surface area contributed by atoms with Crippen LogP contribution in [0.25, 0.3) is 22.1 Å². The van der Waals surface area contributed by atoms with Crippen LogP contribution in [0.4, 0.5) is 0 Å². The Morgan fingerprint density at radius 1 is 0.960 bits per heavy atom. The van der Waals surface area contributed by atoms with Crippen LogP contribution in [0.15, 0.2) is 24.3 Å². The summed E-state index contributed by atoms with van der Waals surface area (Å²) in [7, 11) is 0. The van der Waals surface area contributed by atoms with Gasteiger partial charge in [-0.05, 0) is 6.07 Å². The zero-order chi connectivity index (χ0) is 16.1. The predicted molar refractivity (Wildman–Crippen MR) is 71.8 cm³/mol. The smallest absolute Gasteiger partial charge is 0.545 e. The Hall–Kier alpha value is -1.42. The molecule has 1 aromatic heterocycles. The van der Waals surface area contributed by atoms with Crippen molar-refractivity contribution in [1.82, 2.24) is 9.97 Å². The van der Waals surface area contributed by atoms with Crippen molar-refractivity contribution in [2.24, 2.45) is 0 Å². The third-order valence-corrected chi connectivity index (χ3v) is 3.52. The number of nitrogens with zero attached hydrogens (tertiary/aromatic N) is 2. The Kier molecular flexibility index (Phi) is 5.93. The number of aromatic carboxylic acids is 2. The summed E-state index contributed by atoms with van der Waals surface area (Å²) in [5.74, 6) is -2.73. The number of carboxylic acids is 2. The fraction of sp³-hybridized carbons (Fsp3) is 0.0667. The van der Waals surface area contributed by atoms with Crippen LogP contribution in [0.1, 0.15) is 20.7 Å². The normalized spacial score (nSPS) is 11.7. The second kappa shape index (κ2) is 7.45. The SMILES string of the molecule is O=C([O-])c1cccc2nc3cc4c(c(C(=O)[O-])c3nc12)OCO4.[Na+].[Na+]. The zero-order valence-electron chi connectivity index (χ0n) is 13.4. The summed E-state index contributed by atoms with van der Waals surface area (Å²) in [5, 5.41) is 22.7. The van der Waals surface area contributed by atoms with Crippen molar-refractivity contribution in [3.63, 3.8) is 0 Å². The predicted octanol–water partition coefficient (Wildman–Crippen LogP) is -6.75. The average molecular weight is 356 g/mol. The number of carbonyl (C=O) groups excluding carboxylic acids is 2. The van der Waals surface area contributed by atoms with E-state index in [1.54, 1.807) is 6.07 Å². The van der Waals surface area contributed by atoms with Crippen molar-refractivity contribution in [2.75, 3.05) is 6.79 Å². The number of carbonyl (C=O) groups is 2. The number of fused-ring (bicyclic) bond motifs is 3. The molecule has 4 rings (SSSR count). The van der Waals surface area contributed by atoms with Gasteiger partial charge in [0.15, 0.2) is 11.5 Å². The van der Waals surface area contributed by atoms with E-state index in [4.69, 9.17) is 9.47 Å². The molecule has 2 heterocycles. The van der Waals surface area contributed by atoms with E-state index in [1.807, 2.05) is 0 Å². The first-order chi connectivity index (χ1) is 11.1. The van der Waals surface area contributed by atoms with Crippen molar-refractivity contribution in [1.29, 1.82) is 0 Å². The van der Waals surface area contributed by atoms with E-state index in [0.717, 1.165) is 0 Å². The van der Waals surface area contributed by atoms with Gasteiger partial charge in [-0.25, -0.2) is 9.97 Å². The Labute approximate surface area is 184 Å². The molecule has 0 fully saturated rings. The first kappa shape index (κ1) is 19.9. The summed E-state index contributed by atoms with van der Waals surface area (Å²) >= 11 is 0. The summed E-state index contributed by atoms with van der Waals surface area (Å²) in [4.78, 5) is 31.1. The first-order valence-electron chi connectivity index (χ1n) is 6.52. The van der Waals surface area contributed by atoms with E-state index in [2.05, 4.69) is 9.97 Å². The Morgan fingerprint density at radius 2 is 1.72 bits per heavy atom. The number of hydrogen-bond acceptors (Lipinski definition) is 8. The van der Waals surface area contributed by atoms with Crippen molar-refractivity contribution < 1.29 is 88.4 Å². The molecule has 8 nitrogen and oxygen atoms in total. The molecule has 0 aliphatic carbocycles. The van der Waals surface area contributed by atoms with Crippen LogP contribution in [0.2, 0.25) is 0 Å². The number of para-hydroxylation sites is 1. The molecule has 0 atom stereocenters. The Bertz CT molecular complexity index is 1020. The van der Waals surface area contributed by atoms with E-state index in [0.29, 0.717) is 5.52 Å². The summed E-state index contributed by atoms with van der Waals surface area (Å²) in [5.41, 5.74) is 0.0204. The summed E-state index contributed by atoms with van der Waals surface area (Å²) < 4.78 is 10.3. The van der Waals surface area contributed by atoms with Crippen LogP contribution in [0, 0.1) is 0 Å². The molecule has 0 unspecified atom stereocenters. The maximum absolute atomic E-state index is 11.5. The molecule has 2 aromatic carbocycles. The molecule has 1 aliphatic rings. The van der Waals surface area contributed by atoms with Gasteiger partial charge in [0.05, 0.1) is 34.1 Å². The maximum Gasteiger partial charge on any atom is 1.00 e. The molecule has 3 aromatic rings. The quantitative estimate of drug-likeness (QED) is 0.328. The van der Waals surface area contributed by atoms with E-state index in [9.17, 15) is 19.8 Å². The molecular weight excluding hydrogens is 350 g/mol.